The molecule has 1 atom stereocenters. The Hall–Kier alpha value is -2.73. The molecule has 1 aliphatic rings. The van der Waals surface area contributed by atoms with Crippen LogP contribution in [0.25, 0.3) is 11.0 Å². The molecule has 2 aromatic carbocycles. The van der Waals surface area contributed by atoms with E-state index in [0.29, 0.717) is 23.2 Å². The second kappa shape index (κ2) is 6.21. The summed E-state index contributed by atoms with van der Waals surface area (Å²) in [7, 11) is 0. The molecule has 1 amide bonds. The molecular formula is C20H21FN4O. The maximum atomic E-state index is 13.9. The summed E-state index contributed by atoms with van der Waals surface area (Å²) in [5, 5.41) is 0. The highest BCUT2D eigenvalue weighted by atomic mass is 19.1. The highest BCUT2D eigenvalue weighted by molar-refractivity contribution is 6.04. The number of halogens is 1. The summed E-state index contributed by atoms with van der Waals surface area (Å²) in [6.07, 6.45) is 0.910. The minimum Gasteiger partial charge on any atom is -0.366 e. The Labute approximate surface area is 151 Å². The van der Waals surface area contributed by atoms with E-state index in [1.807, 2.05) is 18.2 Å². The van der Waals surface area contributed by atoms with Crippen LogP contribution in [-0.4, -0.2) is 33.9 Å². The number of hydrogen-bond donors (Lipinski definition) is 2. The standard InChI is InChI=1S/C20H21FN4O/c1-20(9-10-25(12-20)11-13-5-2-3-7-15(13)21)19-23-16-8-4-6-14(18(22)26)17(16)24-19/h2-8H,9-12H2,1H3,(H2,22,26)(H,23,24). The monoisotopic (exact) mass is 352 g/mol. The van der Waals surface area contributed by atoms with Gasteiger partial charge in [-0.3, -0.25) is 9.69 Å². The topological polar surface area (TPSA) is 75.0 Å². The Balaban J connectivity index is 1.60. The predicted molar refractivity (Wildman–Crippen MR) is 98.3 cm³/mol. The quantitative estimate of drug-likeness (QED) is 0.758. The van der Waals surface area contributed by atoms with Crippen LogP contribution in [0.3, 0.4) is 0 Å². The Bertz CT molecular complexity index is 983. The number of nitrogens with one attached hydrogen (secondary N) is 1. The van der Waals surface area contributed by atoms with E-state index in [1.54, 1.807) is 18.2 Å². The van der Waals surface area contributed by atoms with Crippen LogP contribution in [0.2, 0.25) is 0 Å². The average molecular weight is 352 g/mol. The number of aromatic amines is 1. The van der Waals surface area contributed by atoms with Crippen molar-refractivity contribution in [2.24, 2.45) is 5.73 Å². The molecular weight excluding hydrogens is 331 g/mol. The van der Waals surface area contributed by atoms with Gasteiger partial charge in [0, 0.05) is 24.1 Å². The molecule has 5 nitrogen and oxygen atoms in total. The van der Waals surface area contributed by atoms with Gasteiger partial charge in [0.25, 0.3) is 5.91 Å². The van der Waals surface area contributed by atoms with Crippen molar-refractivity contribution < 1.29 is 9.18 Å². The van der Waals surface area contributed by atoms with Crippen molar-refractivity contribution in [3.05, 3.63) is 65.2 Å². The van der Waals surface area contributed by atoms with Crippen molar-refractivity contribution in [3.8, 4) is 0 Å². The van der Waals surface area contributed by atoms with Crippen molar-refractivity contribution in [2.75, 3.05) is 13.1 Å². The number of nitrogens with zero attached hydrogens (tertiary/aromatic N) is 2. The fourth-order valence-corrected chi connectivity index (χ4v) is 3.77. The van der Waals surface area contributed by atoms with Crippen molar-refractivity contribution in [2.45, 2.75) is 25.3 Å². The van der Waals surface area contributed by atoms with Gasteiger partial charge in [0.1, 0.15) is 17.2 Å². The van der Waals surface area contributed by atoms with Gasteiger partial charge in [-0.1, -0.05) is 31.2 Å². The molecule has 1 aromatic heterocycles. The molecule has 0 aliphatic carbocycles. The van der Waals surface area contributed by atoms with Gasteiger partial charge in [-0.15, -0.1) is 0 Å². The first kappa shape index (κ1) is 16.7. The summed E-state index contributed by atoms with van der Waals surface area (Å²) in [5.74, 6) is 0.194. The third-order valence-corrected chi connectivity index (χ3v) is 5.25. The molecule has 1 saturated heterocycles. The number of fused-ring (bicyclic) bond motifs is 1. The fraction of sp³-hybridized carbons (Fsp3) is 0.300. The van der Waals surface area contributed by atoms with Gasteiger partial charge < -0.3 is 10.7 Å². The zero-order chi connectivity index (χ0) is 18.3. The molecule has 2 heterocycles. The van der Waals surface area contributed by atoms with Gasteiger partial charge in [0.2, 0.25) is 0 Å². The van der Waals surface area contributed by atoms with E-state index in [1.165, 1.54) is 6.07 Å². The first-order valence-electron chi connectivity index (χ1n) is 8.71. The number of amides is 1. The lowest BCUT2D eigenvalue weighted by atomic mass is 9.89. The van der Waals surface area contributed by atoms with Gasteiger partial charge in [-0.25, -0.2) is 9.37 Å². The number of benzene rings is 2. The second-order valence-electron chi connectivity index (χ2n) is 7.26. The van der Waals surface area contributed by atoms with Crippen molar-refractivity contribution in [1.82, 2.24) is 14.9 Å². The largest absolute Gasteiger partial charge is 0.366 e. The molecule has 3 N–H and O–H groups in total. The summed E-state index contributed by atoms with van der Waals surface area (Å²) in [6, 6.07) is 12.3. The summed E-state index contributed by atoms with van der Waals surface area (Å²) in [6.45, 7) is 4.36. The lowest BCUT2D eigenvalue weighted by Gasteiger charge is -2.22. The molecule has 0 bridgehead atoms. The van der Waals surface area contributed by atoms with E-state index < -0.39 is 5.91 Å². The molecule has 0 radical (unpaired) electrons. The third-order valence-electron chi connectivity index (χ3n) is 5.25. The highest BCUT2D eigenvalue weighted by Crippen LogP contribution is 2.34. The van der Waals surface area contributed by atoms with E-state index in [-0.39, 0.29) is 11.2 Å². The van der Waals surface area contributed by atoms with E-state index in [9.17, 15) is 9.18 Å². The number of likely N-dealkylation sites (tertiary alicyclic amines) is 1. The number of nitrogens with two attached hydrogens (primary N) is 1. The van der Waals surface area contributed by atoms with Crippen LogP contribution < -0.4 is 5.73 Å². The summed E-state index contributed by atoms with van der Waals surface area (Å²) < 4.78 is 13.9. The maximum absolute atomic E-state index is 13.9. The molecule has 1 aliphatic heterocycles. The van der Waals surface area contributed by atoms with Gasteiger partial charge in [0.15, 0.2) is 0 Å². The molecule has 4 rings (SSSR count). The molecule has 26 heavy (non-hydrogen) atoms. The number of carbonyl (C=O) groups is 1. The minimum atomic E-state index is -0.480. The van der Waals surface area contributed by atoms with Crippen molar-refractivity contribution >= 4 is 16.9 Å². The molecule has 6 heteroatoms. The number of primary amides is 1. The van der Waals surface area contributed by atoms with Crippen LogP contribution in [-0.2, 0) is 12.0 Å². The Kier molecular flexibility index (Phi) is 4.00. The van der Waals surface area contributed by atoms with Crippen molar-refractivity contribution in [3.63, 3.8) is 0 Å². The lowest BCUT2D eigenvalue weighted by molar-refractivity contribution is 0.100. The zero-order valence-corrected chi connectivity index (χ0v) is 14.6. The molecule has 0 saturated carbocycles. The predicted octanol–water partition coefficient (Wildman–Crippen LogP) is 2.96. The number of rotatable bonds is 4. The van der Waals surface area contributed by atoms with Gasteiger partial charge >= 0.3 is 0 Å². The SMILES string of the molecule is CC1(c2nc3c(C(N)=O)cccc3[nH]2)CCN(Cc2ccccc2F)C1. The number of hydrogen-bond acceptors (Lipinski definition) is 3. The minimum absolute atomic E-state index is 0.170. The van der Waals surface area contributed by atoms with Crippen molar-refractivity contribution in [1.29, 1.82) is 0 Å². The van der Waals surface area contributed by atoms with Crippen LogP contribution in [0.1, 0.15) is 35.1 Å². The third kappa shape index (κ3) is 2.86. The molecule has 134 valence electrons. The normalized spacial score (nSPS) is 20.7. The number of H-pyrrole nitrogens is 1. The lowest BCUT2D eigenvalue weighted by Crippen LogP contribution is -2.29. The fourth-order valence-electron chi connectivity index (χ4n) is 3.77. The van der Waals surface area contributed by atoms with Crippen LogP contribution in [0, 0.1) is 5.82 Å². The molecule has 0 spiro atoms. The van der Waals surface area contributed by atoms with E-state index in [4.69, 9.17) is 5.73 Å². The Morgan fingerprint density at radius 2 is 2.12 bits per heavy atom. The van der Waals surface area contributed by atoms with Gasteiger partial charge in [-0.2, -0.15) is 0 Å². The first-order valence-corrected chi connectivity index (χ1v) is 8.71. The number of carbonyl (C=O) groups excluding carboxylic acids is 1. The van der Waals surface area contributed by atoms with Crippen LogP contribution >= 0.6 is 0 Å². The number of imidazole rings is 1. The van der Waals surface area contributed by atoms with Crippen LogP contribution in [0.4, 0.5) is 4.39 Å². The first-order chi connectivity index (χ1) is 12.5. The molecule has 1 unspecified atom stereocenters. The van der Waals surface area contributed by atoms with E-state index in [0.717, 1.165) is 30.9 Å². The molecule has 3 aromatic rings. The van der Waals surface area contributed by atoms with Gasteiger partial charge in [0.05, 0.1) is 11.1 Å². The summed E-state index contributed by atoms with van der Waals surface area (Å²) in [4.78, 5) is 21.9. The Morgan fingerprint density at radius 3 is 2.88 bits per heavy atom. The Morgan fingerprint density at radius 1 is 1.31 bits per heavy atom. The van der Waals surface area contributed by atoms with Crippen LogP contribution in [0.15, 0.2) is 42.5 Å². The average Bonchev–Trinajstić information content (AvgIpc) is 3.21. The molecule has 1 fully saturated rings. The smallest absolute Gasteiger partial charge is 0.250 e. The highest BCUT2D eigenvalue weighted by Gasteiger charge is 2.38. The van der Waals surface area contributed by atoms with E-state index >= 15 is 0 Å². The summed E-state index contributed by atoms with van der Waals surface area (Å²) in [5.41, 5.74) is 7.84. The number of para-hydroxylation sites is 1. The maximum Gasteiger partial charge on any atom is 0.250 e. The van der Waals surface area contributed by atoms with Crippen LogP contribution in [0.5, 0.6) is 0 Å². The van der Waals surface area contributed by atoms with Gasteiger partial charge in [-0.05, 0) is 31.2 Å². The number of aromatic nitrogens is 2. The summed E-state index contributed by atoms with van der Waals surface area (Å²) >= 11 is 0. The second-order valence-corrected chi connectivity index (χ2v) is 7.26. The zero-order valence-electron chi connectivity index (χ0n) is 14.6. The van der Waals surface area contributed by atoms with E-state index in [2.05, 4.69) is 21.8 Å².